The molecule has 0 aliphatic carbocycles. The molecule has 0 spiro atoms. The summed E-state index contributed by atoms with van der Waals surface area (Å²) in [5, 5.41) is 4.05. The van der Waals surface area contributed by atoms with Crippen molar-refractivity contribution in [3.63, 3.8) is 0 Å². The van der Waals surface area contributed by atoms with Gasteiger partial charge < -0.3 is 14.6 Å². The summed E-state index contributed by atoms with van der Waals surface area (Å²) in [6.45, 7) is 3.32. The van der Waals surface area contributed by atoms with E-state index in [1.54, 1.807) is 18.5 Å². The molecule has 2 bridgehead atoms. The van der Waals surface area contributed by atoms with Crippen molar-refractivity contribution in [3.05, 3.63) is 30.3 Å². The number of hydrogen-bond donors (Lipinski definition) is 1. The zero-order valence-electron chi connectivity index (χ0n) is 11.2. The quantitative estimate of drug-likeness (QED) is 0.902. The van der Waals surface area contributed by atoms with Gasteiger partial charge in [0, 0.05) is 24.2 Å². The summed E-state index contributed by atoms with van der Waals surface area (Å²) in [5.74, 6) is 0.888. The van der Waals surface area contributed by atoms with E-state index in [1.807, 2.05) is 6.07 Å². The number of pyridine rings is 1. The third-order valence-electron chi connectivity index (χ3n) is 4.52. The van der Waals surface area contributed by atoms with Crippen LogP contribution in [0, 0.1) is 5.92 Å². The van der Waals surface area contributed by atoms with Crippen molar-refractivity contribution in [2.24, 2.45) is 5.92 Å². The number of amides is 1. The van der Waals surface area contributed by atoms with E-state index in [9.17, 15) is 4.79 Å². The van der Waals surface area contributed by atoms with Gasteiger partial charge in [-0.05, 0) is 44.0 Å². The molecule has 2 aromatic rings. The molecule has 1 atom stereocenters. The Hall–Kier alpha value is -1.88. The van der Waals surface area contributed by atoms with Crippen LogP contribution < -0.4 is 5.32 Å². The lowest BCUT2D eigenvalue weighted by Crippen LogP contribution is -2.57. The van der Waals surface area contributed by atoms with Gasteiger partial charge in [0.1, 0.15) is 0 Å². The smallest absolute Gasteiger partial charge is 0.287 e. The topological polar surface area (TPSA) is 58.4 Å². The van der Waals surface area contributed by atoms with Crippen molar-refractivity contribution in [1.82, 2.24) is 15.2 Å². The zero-order valence-corrected chi connectivity index (χ0v) is 11.2. The Morgan fingerprint density at radius 3 is 2.95 bits per heavy atom. The van der Waals surface area contributed by atoms with Gasteiger partial charge in [-0.1, -0.05) is 0 Å². The molecule has 0 saturated carbocycles. The number of carbonyl (C=O) groups is 1. The van der Waals surface area contributed by atoms with Crippen LogP contribution in [-0.2, 0) is 0 Å². The molecule has 104 valence electrons. The fraction of sp³-hybridized carbons (Fsp3) is 0.467. The molecule has 3 aliphatic heterocycles. The normalized spacial score (nSPS) is 28.7. The second kappa shape index (κ2) is 4.59. The van der Waals surface area contributed by atoms with Crippen LogP contribution in [0.15, 0.2) is 28.9 Å². The van der Waals surface area contributed by atoms with Gasteiger partial charge in [-0.15, -0.1) is 0 Å². The Morgan fingerprint density at radius 2 is 2.25 bits per heavy atom. The number of nitrogens with one attached hydrogen (secondary N) is 1. The molecule has 20 heavy (non-hydrogen) atoms. The minimum absolute atomic E-state index is 0.111. The maximum absolute atomic E-state index is 12.3. The van der Waals surface area contributed by atoms with E-state index < -0.39 is 0 Å². The second-order valence-electron chi connectivity index (χ2n) is 5.74. The lowest BCUT2D eigenvalue weighted by molar-refractivity contribution is 0.0607. The largest absolute Gasteiger partial charge is 0.449 e. The summed E-state index contributed by atoms with van der Waals surface area (Å²) in [6, 6.07) is 3.90. The molecule has 1 amide bonds. The van der Waals surface area contributed by atoms with E-state index in [0.29, 0.717) is 17.3 Å². The van der Waals surface area contributed by atoms with Crippen LogP contribution >= 0.6 is 0 Å². The molecule has 5 nitrogen and oxygen atoms in total. The molecule has 1 unspecified atom stereocenters. The van der Waals surface area contributed by atoms with E-state index in [0.717, 1.165) is 11.9 Å². The van der Waals surface area contributed by atoms with Crippen molar-refractivity contribution in [3.8, 4) is 0 Å². The van der Waals surface area contributed by atoms with Crippen LogP contribution in [0.4, 0.5) is 0 Å². The third kappa shape index (κ3) is 1.98. The summed E-state index contributed by atoms with van der Waals surface area (Å²) >= 11 is 0. The molecule has 0 radical (unpaired) electrons. The van der Waals surface area contributed by atoms with E-state index in [1.165, 1.54) is 25.9 Å². The lowest BCUT2D eigenvalue weighted by atomic mass is 9.84. The van der Waals surface area contributed by atoms with Crippen LogP contribution in [0.25, 0.3) is 11.0 Å². The van der Waals surface area contributed by atoms with E-state index in [2.05, 4.69) is 15.2 Å². The highest BCUT2D eigenvalue weighted by Gasteiger charge is 2.35. The molecule has 0 aromatic carbocycles. The molecule has 3 aliphatic rings. The molecule has 5 rings (SSSR count). The number of furan rings is 1. The molecule has 5 heteroatoms. The van der Waals surface area contributed by atoms with Gasteiger partial charge in [0.05, 0.1) is 6.20 Å². The van der Waals surface area contributed by atoms with Crippen LogP contribution in [0.5, 0.6) is 0 Å². The van der Waals surface area contributed by atoms with Crippen LogP contribution in [-0.4, -0.2) is 41.5 Å². The van der Waals surface area contributed by atoms with Gasteiger partial charge in [-0.2, -0.15) is 0 Å². The number of nitrogens with zero attached hydrogens (tertiary/aromatic N) is 2. The first-order chi connectivity index (χ1) is 9.79. The minimum atomic E-state index is -0.111. The second-order valence-corrected chi connectivity index (χ2v) is 5.74. The van der Waals surface area contributed by atoms with Crippen LogP contribution in [0.2, 0.25) is 0 Å². The molecule has 2 aromatic heterocycles. The first-order valence-electron chi connectivity index (χ1n) is 7.16. The standard InChI is InChI=1S/C15H17N3O2/c19-15(13-7-11-1-4-16-8-14(11)20-13)17-12-9-18-5-2-10(12)3-6-18/h1,4,7-8,10,12H,2-3,5-6,9H2,(H,17,19). The lowest BCUT2D eigenvalue weighted by Gasteiger charge is -2.44. The van der Waals surface area contributed by atoms with Gasteiger partial charge in [0.15, 0.2) is 11.3 Å². The maximum atomic E-state index is 12.3. The SMILES string of the molecule is O=C(NC1CN2CCC1CC2)c1cc2ccncc2o1. The fourth-order valence-electron chi connectivity index (χ4n) is 3.36. The van der Waals surface area contributed by atoms with E-state index in [4.69, 9.17) is 4.42 Å². The number of rotatable bonds is 2. The van der Waals surface area contributed by atoms with E-state index >= 15 is 0 Å². The summed E-state index contributed by atoms with van der Waals surface area (Å²) in [6.07, 6.45) is 5.72. The summed E-state index contributed by atoms with van der Waals surface area (Å²) in [4.78, 5) is 18.7. The third-order valence-corrected chi connectivity index (χ3v) is 4.52. The Morgan fingerprint density at radius 1 is 1.40 bits per heavy atom. The van der Waals surface area contributed by atoms with Gasteiger partial charge >= 0.3 is 0 Å². The number of fused-ring (bicyclic) bond motifs is 4. The van der Waals surface area contributed by atoms with Crippen LogP contribution in [0.1, 0.15) is 23.4 Å². The number of hydrogen-bond acceptors (Lipinski definition) is 4. The number of aromatic nitrogens is 1. The zero-order chi connectivity index (χ0) is 13.5. The highest BCUT2D eigenvalue weighted by molar-refractivity contribution is 5.96. The summed E-state index contributed by atoms with van der Waals surface area (Å²) in [5.41, 5.74) is 0.659. The number of piperidine rings is 3. The highest BCUT2D eigenvalue weighted by Crippen LogP contribution is 2.28. The minimum Gasteiger partial charge on any atom is -0.449 e. The van der Waals surface area contributed by atoms with Crippen LogP contribution in [0.3, 0.4) is 0 Å². The van der Waals surface area contributed by atoms with Gasteiger partial charge in [-0.25, -0.2) is 0 Å². The Bertz CT molecular complexity index is 610. The molecule has 3 saturated heterocycles. The molecular weight excluding hydrogens is 254 g/mol. The Labute approximate surface area is 117 Å². The van der Waals surface area contributed by atoms with Crippen molar-refractivity contribution < 1.29 is 9.21 Å². The molecular formula is C15H17N3O2. The first kappa shape index (κ1) is 11.9. The predicted octanol–water partition coefficient (Wildman–Crippen LogP) is 1.65. The molecule has 3 fully saturated rings. The van der Waals surface area contributed by atoms with Gasteiger partial charge in [-0.3, -0.25) is 9.78 Å². The average Bonchev–Trinajstić information content (AvgIpc) is 2.92. The van der Waals surface area contributed by atoms with Crippen molar-refractivity contribution >= 4 is 16.9 Å². The molecule has 5 heterocycles. The molecule has 1 N–H and O–H groups in total. The van der Waals surface area contributed by atoms with Gasteiger partial charge in [0.2, 0.25) is 0 Å². The maximum Gasteiger partial charge on any atom is 0.287 e. The Balaban J connectivity index is 1.52. The van der Waals surface area contributed by atoms with Crippen molar-refractivity contribution in [2.75, 3.05) is 19.6 Å². The van der Waals surface area contributed by atoms with Crippen molar-refractivity contribution in [1.29, 1.82) is 0 Å². The first-order valence-corrected chi connectivity index (χ1v) is 7.16. The monoisotopic (exact) mass is 271 g/mol. The summed E-state index contributed by atoms with van der Waals surface area (Å²) in [7, 11) is 0. The predicted molar refractivity (Wildman–Crippen MR) is 74.4 cm³/mol. The fourth-order valence-corrected chi connectivity index (χ4v) is 3.36. The van der Waals surface area contributed by atoms with Gasteiger partial charge in [0.25, 0.3) is 5.91 Å². The van der Waals surface area contributed by atoms with E-state index in [-0.39, 0.29) is 11.9 Å². The number of carbonyl (C=O) groups excluding carboxylic acids is 1. The van der Waals surface area contributed by atoms with Crippen molar-refractivity contribution in [2.45, 2.75) is 18.9 Å². The highest BCUT2D eigenvalue weighted by atomic mass is 16.3. The Kier molecular flexibility index (Phi) is 2.73. The summed E-state index contributed by atoms with van der Waals surface area (Å²) < 4.78 is 5.56. The average molecular weight is 271 g/mol.